The van der Waals surface area contributed by atoms with Gasteiger partial charge in [-0.05, 0) is 36.3 Å². The minimum atomic E-state index is -0.334. The lowest BCUT2D eigenvalue weighted by Crippen LogP contribution is -2.26. The van der Waals surface area contributed by atoms with Crippen LogP contribution in [0.25, 0.3) is 5.69 Å². The molecular formula is C13H14BrFN4O. The van der Waals surface area contributed by atoms with Gasteiger partial charge in [-0.3, -0.25) is 0 Å². The van der Waals surface area contributed by atoms with Crippen molar-refractivity contribution in [2.24, 2.45) is 5.73 Å². The van der Waals surface area contributed by atoms with Gasteiger partial charge < -0.3 is 5.73 Å². The van der Waals surface area contributed by atoms with Crippen molar-refractivity contribution in [1.29, 1.82) is 0 Å². The second-order valence-corrected chi connectivity index (χ2v) is 5.20. The third-order valence-electron chi connectivity index (χ3n) is 2.92. The molecule has 0 spiro atoms. The fourth-order valence-corrected chi connectivity index (χ4v) is 1.98. The van der Waals surface area contributed by atoms with Gasteiger partial charge in [0.1, 0.15) is 6.33 Å². The molecule has 2 rings (SSSR count). The van der Waals surface area contributed by atoms with Crippen molar-refractivity contribution in [2.45, 2.75) is 13.5 Å². The maximum absolute atomic E-state index is 12.5. The van der Waals surface area contributed by atoms with E-state index in [1.165, 1.54) is 15.6 Å². The van der Waals surface area contributed by atoms with Crippen LogP contribution < -0.4 is 11.4 Å². The number of nitrogens with zero attached hydrogens (tertiary/aromatic N) is 3. The Morgan fingerprint density at radius 2 is 2.30 bits per heavy atom. The van der Waals surface area contributed by atoms with Gasteiger partial charge in [0.15, 0.2) is 0 Å². The van der Waals surface area contributed by atoms with Gasteiger partial charge in [-0.25, -0.2) is 18.4 Å². The number of aryl methyl sites for hydroxylation is 1. The molecule has 2 aromatic rings. The molecule has 0 amide bonds. The van der Waals surface area contributed by atoms with Crippen molar-refractivity contribution >= 4 is 15.9 Å². The van der Waals surface area contributed by atoms with E-state index in [1.54, 1.807) is 6.07 Å². The maximum atomic E-state index is 12.5. The molecule has 0 bridgehead atoms. The third kappa shape index (κ3) is 2.88. The molecule has 0 aliphatic heterocycles. The van der Waals surface area contributed by atoms with Crippen molar-refractivity contribution in [2.75, 3.05) is 6.54 Å². The predicted octanol–water partition coefficient (Wildman–Crippen LogP) is 1.92. The van der Waals surface area contributed by atoms with E-state index in [9.17, 15) is 9.18 Å². The molecule has 0 saturated carbocycles. The highest BCUT2D eigenvalue weighted by Gasteiger charge is 2.09. The molecule has 0 fully saturated rings. The number of nitrogens with two attached hydrogens (primary N) is 1. The Hall–Kier alpha value is -1.73. The smallest absolute Gasteiger partial charge is 0.327 e. The quantitative estimate of drug-likeness (QED) is 0.924. The Balaban J connectivity index is 2.38. The van der Waals surface area contributed by atoms with Crippen LogP contribution in [-0.2, 0) is 6.54 Å². The van der Waals surface area contributed by atoms with Crippen LogP contribution in [0.3, 0.4) is 0 Å². The summed E-state index contributed by atoms with van der Waals surface area (Å²) in [6.07, 6.45) is 1.83. The summed E-state index contributed by atoms with van der Waals surface area (Å²) >= 11 is 3.41. The molecule has 0 aliphatic rings. The lowest BCUT2D eigenvalue weighted by atomic mass is 10.2. The second kappa shape index (κ2) is 6.15. The van der Waals surface area contributed by atoms with Crippen LogP contribution in [0.1, 0.15) is 5.56 Å². The summed E-state index contributed by atoms with van der Waals surface area (Å²) in [6.45, 7) is 2.03. The molecule has 0 aliphatic carbocycles. The van der Waals surface area contributed by atoms with E-state index in [0.717, 1.165) is 10.0 Å². The predicted molar refractivity (Wildman–Crippen MR) is 78.5 cm³/mol. The first-order chi connectivity index (χ1) is 9.56. The highest BCUT2D eigenvalue weighted by Crippen LogP contribution is 2.18. The zero-order valence-electron chi connectivity index (χ0n) is 10.9. The lowest BCUT2D eigenvalue weighted by molar-refractivity contribution is 0.612. The molecular weight excluding hydrogens is 327 g/mol. The summed E-state index contributed by atoms with van der Waals surface area (Å²) in [6, 6.07) is 5.53. The van der Waals surface area contributed by atoms with Crippen molar-refractivity contribution in [3.05, 3.63) is 56.9 Å². The molecule has 2 N–H and O–H groups in total. The maximum Gasteiger partial charge on any atom is 0.350 e. The third-order valence-corrected chi connectivity index (χ3v) is 3.81. The van der Waals surface area contributed by atoms with Gasteiger partial charge in [-0.15, -0.1) is 0 Å². The van der Waals surface area contributed by atoms with E-state index in [1.807, 2.05) is 19.1 Å². The summed E-state index contributed by atoms with van der Waals surface area (Å²) in [7, 11) is 0. The van der Waals surface area contributed by atoms with Crippen LogP contribution >= 0.6 is 15.9 Å². The number of halogens is 2. The Kier molecular flexibility index (Phi) is 4.51. The summed E-state index contributed by atoms with van der Waals surface area (Å²) < 4.78 is 16.1. The topological polar surface area (TPSA) is 65.8 Å². The summed E-state index contributed by atoms with van der Waals surface area (Å²) in [5.74, 6) is 0. The molecule has 106 valence electrons. The lowest BCUT2D eigenvalue weighted by Gasteiger charge is -2.04. The van der Waals surface area contributed by atoms with Gasteiger partial charge in [-0.1, -0.05) is 15.9 Å². The van der Waals surface area contributed by atoms with Gasteiger partial charge in [0.2, 0.25) is 0 Å². The normalized spacial score (nSPS) is 11.9. The van der Waals surface area contributed by atoms with Gasteiger partial charge in [0, 0.05) is 11.0 Å². The summed E-state index contributed by atoms with van der Waals surface area (Å²) in [5, 5.41) is 3.97. The number of hydrogen-bond donors (Lipinski definition) is 1. The van der Waals surface area contributed by atoms with Crippen LogP contribution in [0.15, 0.2) is 45.7 Å². The first-order valence-corrected chi connectivity index (χ1v) is 6.75. The van der Waals surface area contributed by atoms with Gasteiger partial charge in [0.25, 0.3) is 0 Å². The number of rotatable bonds is 4. The van der Waals surface area contributed by atoms with E-state index in [2.05, 4.69) is 21.0 Å². The summed E-state index contributed by atoms with van der Waals surface area (Å²) in [4.78, 5) is 12.2. The second-order valence-electron chi connectivity index (χ2n) is 4.35. The largest absolute Gasteiger partial charge is 0.350 e. The molecule has 20 heavy (non-hydrogen) atoms. The molecule has 0 radical (unpaired) electrons. The highest BCUT2D eigenvalue weighted by molar-refractivity contribution is 9.10. The van der Waals surface area contributed by atoms with E-state index in [0.29, 0.717) is 17.6 Å². The van der Waals surface area contributed by atoms with Crippen LogP contribution in [0.5, 0.6) is 0 Å². The molecule has 1 aromatic carbocycles. The van der Waals surface area contributed by atoms with Crippen molar-refractivity contribution < 1.29 is 4.39 Å². The minimum absolute atomic E-state index is 0.0488. The Morgan fingerprint density at radius 1 is 1.55 bits per heavy atom. The number of benzene rings is 1. The van der Waals surface area contributed by atoms with E-state index < -0.39 is 0 Å². The zero-order chi connectivity index (χ0) is 14.7. The van der Waals surface area contributed by atoms with Crippen LogP contribution in [0.4, 0.5) is 4.39 Å². The van der Waals surface area contributed by atoms with Crippen molar-refractivity contribution in [3.63, 3.8) is 0 Å². The van der Waals surface area contributed by atoms with Crippen LogP contribution in [0, 0.1) is 6.92 Å². The molecule has 5 nitrogen and oxygen atoms in total. The fraction of sp³-hybridized carbons (Fsp3) is 0.231. The Morgan fingerprint density at radius 3 is 2.90 bits per heavy atom. The van der Waals surface area contributed by atoms with Crippen molar-refractivity contribution in [1.82, 2.24) is 14.3 Å². The molecule has 0 atom stereocenters. The monoisotopic (exact) mass is 340 g/mol. The Bertz CT molecular complexity index is 705. The average molecular weight is 341 g/mol. The molecule has 0 saturated heterocycles. The van der Waals surface area contributed by atoms with Gasteiger partial charge in [0.05, 0.1) is 18.6 Å². The zero-order valence-corrected chi connectivity index (χ0v) is 12.5. The molecule has 7 heteroatoms. The molecule has 1 aromatic heterocycles. The van der Waals surface area contributed by atoms with Gasteiger partial charge >= 0.3 is 5.69 Å². The van der Waals surface area contributed by atoms with E-state index in [-0.39, 0.29) is 18.8 Å². The fourth-order valence-electron chi connectivity index (χ4n) is 1.74. The summed E-state index contributed by atoms with van der Waals surface area (Å²) in [5.41, 5.74) is 7.06. The van der Waals surface area contributed by atoms with E-state index in [4.69, 9.17) is 5.73 Å². The first-order valence-electron chi connectivity index (χ1n) is 5.96. The number of aromatic nitrogens is 3. The van der Waals surface area contributed by atoms with Crippen molar-refractivity contribution in [3.8, 4) is 5.69 Å². The SMILES string of the molecule is Cc1cc(-n2cnn(C/C(=C\F)CN)c2=O)ccc1Br. The number of hydrogen-bond acceptors (Lipinski definition) is 3. The van der Waals surface area contributed by atoms with Crippen LogP contribution in [0.2, 0.25) is 0 Å². The first kappa shape index (κ1) is 14.7. The van der Waals surface area contributed by atoms with Gasteiger partial charge in [-0.2, -0.15) is 5.10 Å². The minimum Gasteiger partial charge on any atom is -0.327 e. The van der Waals surface area contributed by atoms with Crippen LogP contribution in [-0.4, -0.2) is 20.9 Å². The Labute approximate surface area is 123 Å². The molecule has 1 heterocycles. The molecule has 0 unspecified atom stereocenters. The van der Waals surface area contributed by atoms with E-state index >= 15 is 0 Å². The highest BCUT2D eigenvalue weighted by atomic mass is 79.9. The standard InChI is InChI=1S/C13H14BrFN4O/c1-9-4-11(2-3-12(9)14)18-8-17-19(13(18)20)7-10(5-15)6-16/h2-5,8H,6-7,16H2,1H3/b10-5-. The average Bonchev–Trinajstić information content (AvgIpc) is 2.80.